The van der Waals surface area contributed by atoms with Gasteiger partial charge in [-0.25, -0.2) is 4.98 Å². The summed E-state index contributed by atoms with van der Waals surface area (Å²) in [7, 11) is 0. The third-order valence-corrected chi connectivity index (χ3v) is 4.09. The first kappa shape index (κ1) is 18.4. The van der Waals surface area contributed by atoms with Gasteiger partial charge < -0.3 is 5.32 Å². The molecule has 1 N–H and O–H groups in total. The number of aromatic nitrogens is 1. The highest BCUT2D eigenvalue weighted by atomic mass is 19.4. The molecule has 4 nitrogen and oxygen atoms in total. The van der Waals surface area contributed by atoms with Crippen molar-refractivity contribution in [2.45, 2.75) is 13.1 Å². The van der Waals surface area contributed by atoms with Crippen LogP contribution >= 0.6 is 0 Å². The number of hydrogen-bond donors (Lipinski definition) is 1. The average Bonchev–Trinajstić information content (AvgIpc) is 2.65. The van der Waals surface area contributed by atoms with Crippen LogP contribution in [0.25, 0.3) is 22.0 Å². The zero-order valence-electron chi connectivity index (χ0n) is 14.3. The maximum absolute atomic E-state index is 13.7. The lowest BCUT2D eigenvalue weighted by atomic mass is 9.96. The zero-order chi connectivity index (χ0) is 19.6. The van der Waals surface area contributed by atoms with Crippen molar-refractivity contribution < 1.29 is 18.0 Å². The van der Waals surface area contributed by atoms with Crippen LogP contribution in [0.15, 0.2) is 48.5 Å². The highest BCUT2D eigenvalue weighted by molar-refractivity contribution is 5.98. The quantitative estimate of drug-likeness (QED) is 0.692. The molecule has 0 aliphatic rings. The summed E-state index contributed by atoms with van der Waals surface area (Å²) in [6, 6.07) is 14.6. The van der Waals surface area contributed by atoms with Crippen molar-refractivity contribution in [2.24, 2.45) is 0 Å². The van der Waals surface area contributed by atoms with Gasteiger partial charge in [0.25, 0.3) is 5.91 Å². The molecule has 0 saturated heterocycles. The van der Waals surface area contributed by atoms with E-state index in [4.69, 9.17) is 5.26 Å². The van der Waals surface area contributed by atoms with E-state index in [0.717, 1.165) is 6.07 Å². The molecule has 136 valence electrons. The highest BCUT2D eigenvalue weighted by Crippen LogP contribution is 2.38. The van der Waals surface area contributed by atoms with Gasteiger partial charge in [-0.05, 0) is 41.8 Å². The molecule has 0 radical (unpaired) electrons. The maximum atomic E-state index is 13.7. The molecule has 0 aliphatic carbocycles. The van der Waals surface area contributed by atoms with Crippen molar-refractivity contribution in [3.63, 3.8) is 0 Å². The van der Waals surface area contributed by atoms with Crippen molar-refractivity contribution in [3.05, 3.63) is 65.4 Å². The van der Waals surface area contributed by atoms with E-state index in [1.54, 1.807) is 49.4 Å². The van der Waals surface area contributed by atoms with Gasteiger partial charge in [0, 0.05) is 5.39 Å². The monoisotopic (exact) mass is 369 g/mol. The van der Waals surface area contributed by atoms with Gasteiger partial charge in [-0.15, -0.1) is 0 Å². The fraction of sp³-hybridized carbons (Fsp3) is 0.150. The summed E-state index contributed by atoms with van der Waals surface area (Å²) < 4.78 is 41.1. The summed E-state index contributed by atoms with van der Waals surface area (Å²) in [5, 5.41) is 11.2. The third-order valence-electron chi connectivity index (χ3n) is 4.09. The Morgan fingerprint density at radius 3 is 2.48 bits per heavy atom. The number of nitriles is 1. The Balaban J connectivity index is 2.26. The molecule has 0 spiro atoms. The lowest BCUT2D eigenvalue weighted by Crippen LogP contribution is -2.24. The summed E-state index contributed by atoms with van der Waals surface area (Å²) in [4.78, 5) is 16.0. The van der Waals surface area contributed by atoms with Crippen LogP contribution in [-0.2, 0) is 6.18 Å². The first-order chi connectivity index (χ1) is 12.8. The number of pyridine rings is 1. The molecule has 0 fully saturated rings. The predicted molar refractivity (Wildman–Crippen MR) is 94.9 cm³/mol. The van der Waals surface area contributed by atoms with Gasteiger partial charge in [0.2, 0.25) is 0 Å². The maximum Gasteiger partial charge on any atom is 0.418 e. The first-order valence-electron chi connectivity index (χ1n) is 8.04. The molecule has 27 heavy (non-hydrogen) atoms. The van der Waals surface area contributed by atoms with Gasteiger partial charge in [0.15, 0.2) is 0 Å². The molecule has 1 amide bonds. The second-order valence-corrected chi connectivity index (χ2v) is 5.95. The summed E-state index contributed by atoms with van der Waals surface area (Å²) in [5.74, 6) is -0.693. The van der Waals surface area contributed by atoms with Crippen LogP contribution < -0.4 is 5.32 Å². The van der Waals surface area contributed by atoms with E-state index in [1.807, 2.05) is 0 Å². The minimum atomic E-state index is -4.63. The number of nitrogens with zero attached hydrogens (tertiary/aromatic N) is 2. The minimum absolute atomic E-state index is 0.159. The van der Waals surface area contributed by atoms with Crippen LogP contribution in [0.1, 0.15) is 21.6 Å². The van der Waals surface area contributed by atoms with Crippen LogP contribution in [0, 0.1) is 18.3 Å². The molecular formula is C20H14F3N3O. The van der Waals surface area contributed by atoms with E-state index in [-0.39, 0.29) is 17.8 Å². The van der Waals surface area contributed by atoms with E-state index in [0.29, 0.717) is 22.1 Å². The Morgan fingerprint density at radius 2 is 1.85 bits per heavy atom. The lowest BCUT2D eigenvalue weighted by Gasteiger charge is -2.15. The Morgan fingerprint density at radius 1 is 1.15 bits per heavy atom. The van der Waals surface area contributed by atoms with Gasteiger partial charge in [0.1, 0.15) is 12.2 Å². The predicted octanol–water partition coefficient (Wildman–Crippen LogP) is 4.48. The van der Waals surface area contributed by atoms with Crippen molar-refractivity contribution in [1.29, 1.82) is 5.26 Å². The standard InChI is InChI=1S/C20H14F3N3O/c1-12-9-17(19(27)25-8-7-24)26-18-15(12)10-14(11-16(18)20(21,22)23)13-5-3-2-4-6-13/h2-6,9-11H,8H2,1H3,(H,25,27). The van der Waals surface area contributed by atoms with E-state index in [2.05, 4.69) is 10.3 Å². The molecule has 0 bridgehead atoms. The number of benzene rings is 2. The SMILES string of the molecule is Cc1cc(C(=O)NCC#N)nc2c(C(F)(F)F)cc(-c3ccccc3)cc12. The molecule has 1 aromatic heterocycles. The minimum Gasteiger partial charge on any atom is -0.338 e. The largest absolute Gasteiger partial charge is 0.418 e. The van der Waals surface area contributed by atoms with Crippen LogP contribution in [0.5, 0.6) is 0 Å². The summed E-state index contributed by atoms with van der Waals surface area (Å²) in [6.45, 7) is 1.37. The van der Waals surface area contributed by atoms with Gasteiger partial charge in [-0.1, -0.05) is 30.3 Å². The molecule has 1 heterocycles. The first-order valence-corrected chi connectivity index (χ1v) is 8.04. The molecule has 3 aromatic rings. The lowest BCUT2D eigenvalue weighted by molar-refractivity contribution is -0.136. The van der Waals surface area contributed by atoms with Gasteiger partial charge in [-0.3, -0.25) is 4.79 Å². The van der Waals surface area contributed by atoms with Gasteiger partial charge in [0.05, 0.1) is 17.1 Å². The molecule has 0 saturated carbocycles. The number of aryl methyl sites for hydroxylation is 1. The Bertz CT molecular complexity index is 1050. The zero-order valence-corrected chi connectivity index (χ0v) is 14.3. The molecule has 0 atom stereocenters. The number of hydrogen-bond acceptors (Lipinski definition) is 3. The normalized spacial score (nSPS) is 11.2. The number of halogens is 3. The van der Waals surface area contributed by atoms with Crippen molar-refractivity contribution in [3.8, 4) is 17.2 Å². The number of rotatable bonds is 3. The van der Waals surface area contributed by atoms with Gasteiger partial charge in [-0.2, -0.15) is 18.4 Å². The van der Waals surface area contributed by atoms with Gasteiger partial charge >= 0.3 is 6.18 Å². The Kier molecular flexibility index (Phi) is 4.82. The van der Waals surface area contributed by atoms with E-state index >= 15 is 0 Å². The number of amides is 1. The molecule has 0 aliphatic heterocycles. The fourth-order valence-corrected chi connectivity index (χ4v) is 2.83. The number of nitrogens with one attached hydrogen (secondary N) is 1. The molecule has 0 unspecified atom stereocenters. The topological polar surface area (TPSA) is 65.8 Å². The summed E-state index contributed by atoms with van der Waals surface area (Å²) >= 11 is 0. The fourth-order valence-electron chi connectivity index (χ4n) is 2.83. The van der Waals surface area contributed by atoms with Crippen LogP contribution in [0.4, 0.5) is 13.2 Å². The summed E-state index contributed by atoms with van der Waals surface area (Å²) in [6.07, 6.45) is -4.63. The second kappa shape index (κ2) is 7.08. The Hall–Kier alpha value is -3.40. The Labute approximate surface area is 153 Å². The second-order valence-electron chi connectivity index (χ2n) is 5.95. The van der Waals surface area contributed by atoms with E-state index < -0.39 is 17.6 Å². The van der Waals surface area contributed by atoms with Crippen LogP contribution in [0.2, 0.25) is 0 Å². The number of fused-ring (bicyclic) bond motifs is 1. The molecule has 3 rings (SSSR count). The smallest absolute Gasteiger partial charge is 0.338 e. The number of carbonyl (C=O) groups excluding carboxylic acids is 1. The third kappa shape index (κ3) is 3.75. The van der Waals surface area contributed by atoms with Crippen molar-refractivity contribution in [2.75, 3.05) is 6.54 Å². The van der Waals surface area contributed by atoms with Crippen LogP contribution in [-0.4, -0.2) is 17.4 Å². The van der Waals surface area contributed by atoms with Crippen molar-refractivity contribution in [1.82, 2.24) is 10.3 Å². The van der Waals surface area contributed by atoms with Crippen molar-refractivity contribution >= 4 is 16.8 Å². The molecule has 2 aromatic carbocycles. The number of alkyl halides is 3. The van der Waals surface area contributed by atoms with E-state index in [9.17, 15) is 18.0 Å². The summed E-state index contributed by atoms with van der Waals surface area (Å²) in [5.41, 5.74) is 0.210. The van der Waals surface area contributed by atoms with Crippen LogP contribution in [0.3, 0.4) is 0 Å². The number of carbonyl (C=O) groups is 1. The highest BCUT2D eigenvalue weighted by Gasteiger charge is 2.34. The molecule has 7 heteroatoms. The van der Waals surface area contributed by atoms with E-state index in [1.165, 1.54) is 6.07 Å². The average molecular weight is 369 g/mol. The molecular weight excluding hydrogens is 355 g/mol.